The first-order chi connectivity index (χ1) is 3.50. The molecule has 0 bridgehead atoms. The molecule has 39 valence electrons. The predicted molar refractivity (Wildman–Crippen MR) is 30.9 cm³/mol. The lowest BCUT2D eigenvalue weighted by molar-refractivity contribution is 0.715. The van der Waals surface area contributed by atoms with Crippen molar-refractivity contribution in [1.29, 1.82) is 0 Å². The van der Waals surface area contributed by atoms with E-state index in [0.29, 0.717) is 0 Å². The maximum Gasteiger partial charge on any atom is -0.0279 e. The molecule has 0 nitrogen and oxygen atoms in total. The first-order valence-corrected chi connectivity index (χ1v) is 3.05. The number of hydrogen-bond donors (Lipinski definition) is 0. The summed E-state index contributed by atoms with van der Waals surface area (Å²) >= 11 is 0. The van der Waals surface area contributed by atoms with E-state index in [1.54, 1.807) is 0 Å². The van der Waals surface area contributed by atoms with Gasteiger partial charge in [0.25, 0.3) is 0 Å². The highest BCUT2D eigenvalue weighted by molar-refractivity contribution is 4.76. The molecule has 1 radical (unpaired) electrons. The number of rotatable bonds is 0. The Hall–Kier alpha value is -0.260. The lowest BCUT2D eigenvalue weighted by Gasteiger charge is -1.86. The van der Waals surface area contributed by atoms with Gasteiger partial charge in [-0.2, -0.15) is 0 Å². The van der Waals surface area contributed by atoms with Crippen LogP contribution in [0.1, 0.15) is 32.1 Å². The minimum absolute atomic E-state index is 1.19. The maximum absolute atomic E-state index is 3.22. The zero-order valence-electron chi connectivity index (χ0n) is 4.61. The molecule has 0 N–H and O–H groups in total. The summed E-state index contributed by atoms with van der Waals surface area (Å²) in [5, 5.41) is 0. The molecule has 0 aromatic rings. The molecule has 7 heavy (non-hydrogen) atoms. The van der Waals surface area contributed by atoms with Gasteiger partial charge in [0, 0.05) is 0 Å². The summed E-state index contributed by atoms with van der Waals surface area (Å²) in [5.74, 6) is 0. The van der Waals surface area contributed by atoms with Crippen molar-refractivity contribution in [2.75, 3.05) is 0 Å². The standard InChI is InChI=1S/C7H11/c1-2-4-6-7-5-3-1/h1H,2,4-7H2. The Kier molecular flexibility index (Phi) is 1.98. The minimum Gasteiger partial charge on any atom is -0.0811 e. The Balaban J connectivity index is 2.20. The molecule has 0 saturated carbocycles. The molecule has 1 aliphatic rings. The van der Waals surface area contributed by atoms with Gasteiger partial charge in [0.15, 0.2) is 0 Å². The normalized spacial score (nSPS) is 21.7. The van der Waals surface area contributed by atoms with Crippen molar-refractivity contribution in [2.45, 2.75) is 32.1 Å². The van der Waals surface area contributed by atoms with Crippen LogP contribution in [0.5, 0.6) is 0 Å². The topological polar surface area (TPSA) is 0 Å². The Morgan fingerprint density at radius 3 is 3.14 bits per heavy atom. The van der Waals surface area contributed by atoms with Gasteiger partial charge in [-0.3, -0.25) is 0 Å². The third-order valence-corrected chi connectivity index (χ3v) is 1.31. The third-order valence-electron chi connectivity index (χ3n) is 1.31. The number of hydrogen-bond acceptors (Lipinski definition) is 0. The monoisotopic (exact) mass is 95.1 g/mol. The van der Waals surface area contributed by atoms with Crippen LogP contribution in [0.3, 0.4) is 0 Å². The van der Waals surface area contributed by atoms with Crippen LogP contribution in [0, 0.1) is 6.08 Å². The quantitative estimate of drug-likeness (QED) is 0.433. The van der Waals surface area contributed by atoms with Crippen molar-refractivity contribution in [1.82, 2.24) is 0 Å². The van der Waals surface area contributed by atoms with Gasteiger partial charge < -0.3 is 0 Å². The van der Waals surface area contributed by atoms with E-state index in [1.165, 1.54) is 32.1 Å². The van der Waals surface area contributed by atoms with Crippen LogP contribution in [-0.4, -0.2) is 0 Å². The molecular formula is C7H11. The Morgan fingerprint density at radius 2 is 2.14 bits per heavy atom. The Bertz CT molecular complexity index is 54.4. The molecule has 0 saturated heterocycles. The predicted octanol–water partition coefficient (Wildman–Crippen LogP) is 2.31. The van der Waals surface area contributed by atoms with E-state index < -0.39 is 0 Å². The van der Waals surface area contributed by atoms with Gasteiger partial charge >= 0.3 is 0 Å². The summed E-state index contributed by atoms with van der Waals surface area (Å²) in [6, 6.07) is 0. The van der Waals surface area contributed by atoms with Crippen LogP contribution < -0.4 is 0 Å². The molecule has 0 heteroatoms. The SMILES string of the molecule is [C]1=CCCCCC1. The molecule has 0 heterocycles. The van der Waals surface area contributed by atoms with Crippen molar-refractivity contribution < 1.29 is 0 Å². The molecule has 0 aromatic heterocycles. The highest BCUT2D eigenvalue weighted by Gasteiger charge is 1.89. The lowest BCUT2D eigenvalue weighted by Crippen LogP contribution is -1.67. The molecule has 1 aliphatic carbocycles. The zero-order chi connectivity index (χ0) is 4.95. The molecule has 0 spiro atoms. The second-order valence-corrected chi connectivity index (χ2v) is 2.01. The molecule has 0 fully saturated rings. The van der Waals surface area contributed by atoms with E-state index in [1.807, 2.05) is 0 Å². The Morgan fingerprint density at radius 1 is 1.14 bits per heavy atom. The molecule has 1 rings (SSSR count). The number of allylic oxidation sites excluding steroid dienone is 2. The van der Waals surface area contributed by atoms with E-state index >= 15 is 0 Å². The minimum atomic E-state index is 1.19. The van der Waals surface area contributed by atoms with E-state index in [4.69, 9.17) is 0 Å². The van der Waals surface area contributed by atoms with Gasteiger partial charge in [0.2, 0.25) is 0 Å². The van der Waals surface area contributed by atoms with E-state index in [9.17, 15) is 0 Å². The van der Waals surface area contributed by atoms with Crippen LogP contribution in [0.15, 0.2) is 6.08 Å². The van der Waals surface area contributed by atoms with Crippen LogP contribution in [0.4, 0.5) is 0 Å². The summed E-state index contributed by atoms with van der Waals surface area (Å²) in [6.07, 6.45) is 12.0. The first kappa shape index (κ1) is 4.89. The second-order valence-electron chi connectivity index (χ2n) is 2.01. The largest absolute Gasteiger partial charge is 0.0811 e. The van der Waals surface area contributed by atoms with Gasteiger partial charge in [-0.05, 0) is 31.8 Å². The van der Waals surface area contributed by atoms with E-state index in [0.717, 1.165) is 0 Å². The first-order valence-electron chi connectivity index (χ1n) is 3.05. The summed E-state index contributed by atoms with van der Waals surface area (Å²) < 4.78 is 0. The van der Waals surface area contributed by atoms with Gasteiger partial charge in [0.05, 0.1) is 0 Å². The summed E-state index contributed by atoms with van der Waals surface area (Å²) in [6.45, 7) is 0. The van der Waals surface area contributed by atoms with Crippen LogP contribution >= 0.6 is 0 Å². The van der Waals surface area contributed by atoms with Crippen molar-refractivity contribution in [3.8, 4) is 0 Å². The fourth-order valence-electron chi connectivity index (χ4n) is 0.854. The van der Waals surface area contributed by atoms with Gasteiger partial charge in [-0.15, -0.1) is 0 Å². The summed E-state index contributed by atoms with van der Waals surface area (Å²) in [7, 11) is 0. The molecule has 0 atom stereocenters. The smallest absolute Gasteiger partial charge is 0.0279 e. The van der Waals surface area contributed by atoms with Crippen LogP contribution in [-0.2, 0) is 0 Å². The molecule has 0 aliphatic heterocycles. The van der Waals surface area contributed by atoms with E-state index in [2.05, 4.69) is 12.2 Å². The van der Waals surface area contributed by atoms with Crippen molar-refractivity contribution in [3.63, 3.8) is 0 Å². The molecule has 0 aromatic carbocycles. The van der Waals surface area contributed by atoms with E-state index in [-0.39, 0.29) is 0 Å². The lowest BCUT2D eigenvalue weighted by atomic mass is 10.2. The Labute approximate surface area is 45.2 Å². The average molecular weight is 95.2 g/mol. The van der Waals surface area contributed by atoms with Crippen LogP contribution in [0.2, 0.25) is 0 Å². The van der Waals surface area contributed by atoms with Gasteiger partial charge in [-0.25, -0.2) is 0 Å². The maximum atomic E-state index is 3.22. The van der Waals surface area contributed by atoms with Crippen molar-refractivity contribution in [3.05, 3.63) is 12.2 Å². The van der Waals surface area contributed by atoms with Crippen molar-refractivity contribution >= 4 is 0 Å². The zero-order valence-corrected chi connectivity index (χ0v) is 4.61. The fraction of sp³-hybridized carbons (Fsp3) is 0.714. The van der Waals surface area contributed by atoms with Crippen molar-refractivity contribution in [2.24, 2.45) is 0 Å². The molecule has 0 unspecified atom stereocenters. The molecular weight excluding hydrogens is 84.1 g/mol. The highest BCUT2D eigenvalue weighted by atomic mass is 13.9. The van der Waals surface area contributed by atoms with Crippen LogP contribution in [0.25, 0.3) is 0 Å². The second kappa shape index (κ2) is 2.84. The summed E-state index contributed by atoms with van der Waals surface area (Å²) in [5.41, 5.74) is 0. The van der Waals surface area contributed by atoms with Gasteiger partial charge in [-0.1, -0.05) is 12.5 Å². The summed E-state index contributed by atoms with van der Waals surface area (Å²) in [4.78, 5) is 0. The highest BCUT2D eigenvalue weighted by Crippen LogP contribution is 2.08. The molecule has 0 amide bonds. The third kappa shape index (κ3) is 1.77. The van der Waals surface area contributed by atoms with Gasteiger partial charge in [0.1, 0.15) is 0 Å². The fourth-order valence-corrected chi connectivity index (χ4v) is 0.854. The average Bonchev–Trinajstić information content (AvgIpc) is 1.90.